The summed E-state index contributed by atoms with van der Waals surface area (Å²) in [7, 11) is 0. The van der Waals surface area contributed by atoms with Gasteiger partial charge >= 0.3 is 0 Å². The number of allylic oxidation sites excluding steroid dienone is 1. The lowest BCUT2D eigenvalue weighted by Crippen LogP contribution is -2.40. The van der Waals surface area contributed by atoms with Gasteiger partial charge in [0, 0.05) is 6.54 Å². The zero-order valence-corrected chi connectivity index (χ0v) is 8.76. The van der Waals surface area contributed by atoms with Crippen molar-refractivity contribution in [1.29, 1.82) is 0 Å². The van der Waals surface area contributed by atoms with Crippen molar-refractivity contribution >= 4 is 5.91 Å². The Labute approximate surface area is 80.4 Å². The molecule has 0 saturated carbocycles. The molecule has 1 atom stereocenters. The van der Waals surface area contributed by atoms with Gasteiger partial charge in [0.1, 0.15) is 0 Å². The molecule has 1 amide bonds. The fourth-order valence-electron chi connectivity index (χ4n) is 0.929. The van der Waals surface area contributed by atoms with Crippen LogP contribution in [0.3, 0.4) is 0 Å². The highest BCUT2D eigenvalue weighted by Gasteiger charge is 2.09. The lowest BCUT2D eigenvalue weighted by molar-refractivity contribution is -0.122. The summed E-state index contributed by atoms with van der Waals surface area (Å²) in [5.74, 6) is -0.0562. The normalized spacial score (nSPS) is 12.0. The smallest absolute Gasteiger partial charge is 0.237 e. The van der Waals surface area contributed by atoms with Gasteiger partial charge in [-0.2, -0.15) is 0 Å². The fourth-order valence-corrected chi connectivity index (χ4v) is 0.929. The number of nitrogens with one attached hydrogen (secondary N) is 1. The van der Waals surface area contributed by atoms with E-state index in [1.54, 1.807) is 0 Å². The minimum Gasteiger partial charge on any atom is -0.351 e. The number of rotatable bonds is 5. The molecule has 0 fully saturated rings. The largest absolute Gasteiger partial charge is 0.351 e. The maximum atomic E-state index is 11.2. The summed E-state index contributed by atoms with van der Waals surface area (Å²) >= 11 is 0. The Morgan fingerprint density at radius 3 is 2.62 bits per heavy atom. The first kappa shape index (κ1) is 12.2. The van der Waals surface area contributed by atoms with Gasteiger partial charge in [-0.3, -0.25) is 4.79 Å². The predicted octanol–water partition coefficient (Wildman–Crippen LogP) is 1.20. The van der Waals surface area contributed by atoms with Crippen molar-refractivity contribution in [2.45, 2.75) is 39.7 Å². The second-order valence-electron chi connectivity index (χ2n) is 3.42. The van der Waals surface area contributed by atoms with Crippen molar-refractivity contribution in [1.82, 2.24) is 5.32 Å². The van der Waals surface area contributed by atoms with Gasteiger partial charge in [-0.15, -0.1) is 0 Å². The third-order valence-electron chi connectivity index (χ3n) is 1.72. The molecule has 0 saturated heterocycles. The molecular formula is C10H20N2O. The molecule has 3 N–H and O–H groups in total. The van der Waals surface area contributed by atoms with Crippen LogP contribution in [0.4, 0.5) is 0 Å². The SMILES string of the molecule is CCCC(N)C(=O)NCC=C(C)C. The third-order valence-corrected chi connectivity index (χ3v) is 1.72. The molecule has 0 heterocycles. The molecule has 0 aromatic heterocycles. The Hall–Kier alpha value is -0.830. The van der Waals surface area contributed by atoms with Gasteiger partial charge in [0.15, 0.2) is 0 Å². The standard InChI is InChI=1S/C10H20N2O/c1-4-5-9(11)10(13)12-7-6-8(2)3/h6,9H,4-5,7,11H2,1-3H3,(H,12,13). The highest BCUT2D eigenvalue weighted by atomic mass is 16.2. The second-order valence-corrected chi connectivity index (χ2v) is 3.42. The molecule has 0 spiro atoms. The molecule has 0 aliphatic carbocycles. The van der Waals surface area contributed by atoms with Crippen LogP contribution in [0.15, 0.2) is 11.6 Å². The molecule has 0 bridgehead atoms. The van der Waals surface area contributed by atoms with Crippen LogP contribution in [0, 0.1) is 0 Å². The summed E-state index contributed by atoms with van der Waals surface area (Å²) in [5.41, 5.74) is 6.81. The van der Waals surface area contributed by atoms with E-state index in [4.69, 9.17) is 5.73 Å². The molecule has 0 aliphatic heterocycles. The lowest BCUT2D eigenvalue weighted by atomic mass is 10.2. The predicted molar refractivity (Wildman–Crippen MR) is 55.3 cm³/mol. The third kappa shape index (κ3) is 6.34. The number of carbonyl (C=O) groups excluding carboxylic acids is 1. The Kier molecular flexibility index (Phi) is 6.24. The average Bonchev–Trinajstić information content (AvgIpc) is 2.04. The fraction of sp³-hybridized carbons (Fsp3) is 0.700. The molecule has 0 rings (SSSR count). The molecule has 0 radical (unpaired) electrons. The number of hydrogen-bond donors (Lipinski definition) is 2. The minimum atomic E-state index is -0.351. The van der Waals surface area contributed by atoms with E-state index < -0.39 is 0 Å². The van der Waals surface area contributed by atoms with Crippen LogP contribution in [0.25, 0.3) is 0 Å². The highest BCUT2D eigenvalue weighted by molar-refractivity contribution is 5.81. The molecule has 0 aromatic carbocycles. The van der Waals surface area contributed by atoms with Crippen LogP contribution in [0.2, 0.25) is 0 Å². The van der Waals surface area contributed by atoms with Gasteiger partial charge in [-0.1, -0.05) is 25.0 Å². The van der Waals surface area contributed by atoms with E-state index in [0.717, 1.165) is 12.8 Å². The summed E-state index contributed by atoms with van der Waals surface area (Å²) in [6, 6.07) is -0.351. The summed E-state index contributed by atoms with van der Waals surface area (Å²) < 4.78 is 0. The highest BCUT2D eigenvalue weighted by Crippen LogP contribution is 1.93. The van der Waals surface area contributed by atoms with Gasteiger partial charge in [0.2, 0.25) is 5.91 Å². The van der Waals surface area contributed by atoms with Crippen molar-refractivity contribution in [2.75, 3.05) is 6.54 Å². The van der Waals surface area contributed by atoms with E-state index in [1.807, 2.05) is 26.8 Å². The summed E-state index contributed by atoms with van der Waals surface area (Å²) in [6.45, 7) is 6.60. The van der Waals surface area contributed by atoms with Gasteiger partial charge in [0.25, 0.3) is 0 Å². The van der Waals surface area contributed by atoms with E-state index in [9.17, 15) is 4.79 Å². The Morgan fingerprint density at radius 2 is 2.15 bits per heavy atom. The zero-order valence-electron chi connectivity index (χ0n) is 8.76. The van der Waals surface area contributed by atoms with E-state index >= 15 is 0 Å². The van der Waals surface area contributed by atoms with Gasteiger partial charge < -0.3 is 11.1 Å². The zero-order chi connectivity index (χ0) is 10.3. The van der Waals surface area contributed by atoms with Crippen molar-refractivity contribution < 1.29 is 4.79 Å². The average molecular weight is 184 g/mol. The minimum absolute atomic E-state index is 0.0562. The van der Waals surface area contributed by atoms with Crippen LogP contribution >= 0.6 is 0 Å². The van der Waals surface area contributed by atoms with E-state index in [0.29, 0.717) is 6.54 Å². The number of nitrogens with two attached hydrogens (primary N) is 1. The van der Waals surface area contributed by atoms with Gasteiger partial charge in [0.05, 0.1) is 6.04 Å². The van der Waals surface area contributed by atoms with Crippen LogP contribution in [0.1, 0.15) is 33.6 Å². The lowest BCUT2D eigenvalue weighted by Gasteiger charge is -2.09. The van der Waals surface area contributed by atoms with Crippen LogP contribution in [0.5, 0.6) is 0 Å². The van der Waals surface area contributed by atoms with Crippen LogP contribution < -0.4 is 11.1 Å². The Bertz CT molecular complexity index is 183. The van der Waals surface area contributed by atoms with E-state index in [-0.39, 0.29) is 11.9 Å². The first-order valence-corrected chi connectivity index (χ1v) is 4.74. The van der Waals surface area contributed by atoms with Crippen molar-refractivity contribution in [3.05, 3.63) is 11.6 Å². The quantitative estimate of drug-likeness (QED) is 0.631. The first-order chi connectivity index (χ1) is 6.07. The molecule has 1 unspecified atom stereocenters. The Balaban J connectivity index is 3.68. The van der Waals surface area contributed by atoms with Crippen LogP contribution in [-0.4, -0.2) is 18.5 Å². The molecule has 76 valence electrons. The van der Waals surface area contributed by atoms with Gasteiger partial charge in [-0.05, 0) is 20.3 Å². The van der Waals surface area contributed by atoms with E-state index in [1.165, 1.54) is 5.57 Å². The Morgan fingerprint density at radius 1 is 1.54 bits per heavy atom. The topological polar surface area (TPSA) is 55.1 Å². The molecule has 0 aliphatic rings. The molecular weight excluding hydrogens is 164 g/mol. The summed E-state index contributed by atoms with van der Waals surface area (Å²) in [6.07, 6.45) is 3.66. The maximum Gasteiger partial charge on any atom is 0.237 e. The summed E-state index contributed by atoms with van der Waals surface area (Å²) in [5, 5.41) is 2.76. The number of carbonyl (C=O) groups is 1. The van der Waals surface area contributed by atoms with Crippen molar-refractivity contribution in [3.63, 3.8) is 0 Å². The monoisotopic (exact) mass is 184 g/mol. The first-order valence-electron chi connectivity index (χ1n) is 4.74. The molecule has 13 heavy (non-hydrogen) atoms. The van der Waals surface area contributed by atoms with Crippen molar-refractivity contribution in [2.24, 2.45) is 5.73 Å². The van der Waals surface area contributed by atoms with E-state index in [2.05, 4.69) is 5.32 Å². The van der Waals surface area contributed by atoms with Crippen LogP contribution in [-0.2, 0) is 4.79 Å². The number of hydrogen-bond acceptors (Lipinski definition) is 2. The van der Waals surface area contributed by atoms with Gasteiger partial charge in [-0.25, -0.2) is 0 Å². The molecule has 3 heteroatoms. The number of amides is 1. The maximum absolute atomic E-state index is 11.2. The molecule has 3 nitrogen and oxygen atoms in total. The summed E-state index contributed by atoms with van der Waals surface area (Å²) in [4.78, 5) is 11.2. The van der Waals surface area contributed by atoms with Crippen molar-refractivity contribution in [3.8, 4) is 0 Å². The second kappa shape index (κ2) is 6.66. The molecule has 0 aromatic rings.